The van der Waals surface area contributed by atoms with Crippen LogP contribution in [0.25, 0.3) is 0 Å². The van der Waals surface area contributed by atoms with E-state index < -0.39 is 17.9 Å². The molecule has 0 amide bonds. The summed E-state index contributed by atoms with van der Waals surface area (Å²) in [6.07, 6.45) is 2.02. The number of esters is 2. The molecule has 0 N–H and O–H groups in total. The standard InChI is InChI=1S/C14H24O5/c1-5-17-12(15)11(13(16)18-6-2)9-10-7-8-14(3,4)19-10/h10-11H,5-9H2,1-4H3. The zero-order valence-corrected chi connectivity index (χ0v) is 12.2. The molecule has 0 aromatic rings. The van der Waals surface area contributed by atoms with Crippen molar-refractivity contribution in [3.05, 3.63) is 0 Å². The van der Waals surface area contributed by atoms with Crippen LogP contribution in [0.2, 0.25) is 0 Å². The van der Waals surface area contributed by atoms with E-state index in [9.17, 15) is 9.59 Å². The first-order valence-corrected chi connectivity index (χ1v) is 6.90. The highest BCUT2D eigenvalue weighted by molar-refractivity contribution is 5.94. The Bertz CT molecular complexity index is 306. The van der Waals surface area contributed by atoms with Crippen LogP contribution in [0.3, 0.4) is 0 Å². The number of hydrogen-bond donors (Lipinski definition) is 0. The maximum atomic E-state index is 11.8. The van der Waals surface area contributed by atoms with Gasteiger partial charge in [-0.2, -0.15) is 0 Å². The topological polar surface area (TPSA) is 61.8 Å². The summed E-state index contributed by atoms with van der Waals surface area (Å²) in [5, 5.41) is 0. The second-order valence-electron chi connectivity index (χ2n) is 5.33. The molecule has 1 unspecified atom stereocenters. The summed E-state index contributed by atoms with van der Waals surface area (Å²) in [6, 6.07) is 0. The molecule has 1 aliphatic heterocycles. The van der Waals surface area contributed by atoms with Crippen molar-refractivity contribution < 1.29 is 23.8 Å². The Morgan fingerprint density at radius 3 is 2.11 bits per heavy atom. The molecule has 1 aliphatic rings. The molecule has 0 radical (unpaired) electrons. The lowest BCUT2D eigenvalue weighted by atomic mass is 9.98. The van der Waals surface area contributed by atoms with Crippen LogP contribution < -0.4 is 0 Å². The SMILES string of the molecule is CCOC(=O)C(CC1CCC(C)(C)O1)C(=O)OCC. The van der Waals surface area contributed by atoms with Gasteiger partial charge in [-0.3, -0.25) is 9.59 Å². The molecule has 19 heavy (non-hydrogen) atoms. The maximum absolute atomic E-state index is 11.8. The summed E-state index contributed by atoms with van der Waals surface area (Å²) in [4.78, 5) is 23.7. The second-order valence-corrected chi connectivity index (χ2v) is 5.33. The zero-order chi connectivity index (χ0) is 14.5. The van der Waals surface area contributed by atoms with Crippen LogP contribution in [0, 0.1) is 5.92 Å². The highest BCUT2D eigenvalue weighted by atomic mass is 16.6. The van der Waals surface area contributed by atoms with Crippen molar-refractivity contribution in [1.82, 2.24) is 0 Å². The van der Waals surface area contributed by atoms with E-state index in [0.29, 0.717) is 6.42 Å². The molecular formula is C14H24O5. The minimum atomic E-state index is -0.876. The van der Waals surface area contributed by atoms with Crippen molar-refractivity contribution in [1.29, 1.82) is 0 Å². The Kier molecular flexibility index (Phi) is 5.79. The third-order valence-electron chi connectivity index (χ3n) is 3.19. The lowest BCUT2D eigenvalue weighted by Crippen LogP contribution is -2.32. The van der Waals surface area contributed by atoms with E-state index in [-0.39, 0.29) is 24.9 Å². The summed E-state index contributed by atoms with van der Waals surface area (Å²) in [7, 11) is 0. The fourth-order valence-corrected chi connectivity index (χ4v) is 2.28. The molecule has 0 aromatic heterocycles. The summed E-state index contributed by atoms with van der Waals surface area (Å²) in [5.41, 5.74) is -0.182. The fourth-order valence-electron chi connectivity index (χ4n) is 2.28. The normalized spacial score (nSPS) is 21.4. The van der Waals surface area contributed by atoms with Crippen LogP contribution in [0.5, 0.6) is 0 Å². The maximum Gasteiger partial charge on any atom is 0.320 e. The molecule has 5 nitrogen and oxygen atoms in total. The largest absolute Gasteiger partial charge is 0.465 e. The Labute approximate surface area is 114 Å². The first-order valence-electron chi connectivity index (χ1n) is 6.90. The number of carbonyl (C=O) groups excluding carboxylic acids is 2. The highest BCUT2D eigenvalue weighted by Gasteiger charge is 2.38. The van der Waals surface area contributed by atoms with Gasteiger partial charge in [-0.25, -0.2) is 0 Å². The average molecular weight is 272 g/mol. The van der Waals surface area contributed by atoms with Crippen LogP contribution in [-0.2, 0) is 23.8 Å². The summed E-state index contributed by atoms with van der Waals surface area (Å²) in [6.45, 7) is 7.97. The molecule has 0 saturated carbocycles. The number of hydrogen-bond acceptors (Lipinski definition) is 5. The van der Waals surface area contributed by atoms with Crippen molar-refractivity contribution in [2.45, 2.75) is 58.7 Å². The van der Waals surface area contributed by atoms with Gasteiger partial charge in [0.1, 0.15) is 0 Å². The molecule has 1 atom stereocenters. The smallest absolute Gasteiger partial charge is 0.320 e. The Hall–Kier alpha value is -1.10. The molecule has 1 fully saturated rings. The van der Waals surface area contributed by atoms with Gasteiger partial charge in [0.2, 0.25) is 0 Å². The summed E-state index contributed by atoms with van der Waals surface area (Å²) in [5.74, 6) is -1.91. The van der Waals surface area contributed by atoms with Gasteiger partial charge < -0.3 is 14.2 Å². The van der Waals surface area contributed by atoms with Gasteiger partial charge in [-0.05, 0) is 47.0 Å². The fraction of sp³-hybridized carbons (Fsp3) is 0.857. The van der Waals surface area contributed by atoms with Crippen LogP contribution in [0.15, 0.2) is 0 Å². The van der Waals surface area contributed by atoms with E-state index in [1.165, 1.54) is 0 Å². The monoisotopic (exact) mass is 272 g/mol. The second kappa shape index (κ2) is 6.89. The molecule has 0 aromatic carbocycles. The Morgan fingerprint density at radius 1 is 1.21 bits per heavy atom. The molecule has 110 valence electrons. The van der Waals surface area contributed by atoms with Crippen molar-refractivity contribution >= 4 is 11.9 Å². The van der Waals surface area contributed by atoms with Crippen LogP contribution >= 0.6 is 0 Å². The van der Waals surface area contributed by atoms with Crippen LogP contribution in [0.1, 0.15) is 47.0 Å². The van der Waals surface area contributed by atoms with E-state index in [0.717, 1.165) is 12.8 Å². The molecular weight excluding hydrogens is 248 g/mol. The van der Waals surface area contributed by atoms with E-state index in [2.05, 4.69) is 0 Å². The van der Waals surface area contributed by atoms with Crippen molar-refractivity contribution in [2.24, 2.45) is 5.92 Å². The minimum Gasteiger partial charge on any atom is -0.465 e. The molecule has 1 rings (SSSR count). The molecule has 0 bridgehead atoms. The number of rotatable bonds is 6. The first kappa shape index (κ1) is 16.0. The zero-order valence-electron chi connectivity index (χ0n) is 12.2. The third kappa shape index (κ3) is 4.82. The lowest BCUT2D eigenvalue weighted by Gasteiger charge is -2.21. The Balaban J connectivity index is 2.64. The van der Waals surface area contributed by atoms with Crippen LogP contribution in [0.4, 0.5) is 0 Å². The van der Waals surface area contributed by atoms with Crippen molar-refractivity contribution in [3.8, 4) is 0 Å². The number of ether oxygens (including phenoxy) is 3. The molecule has 0 spiro atoms. The molecule has 5 heteroatoms. The van der Waals surface area contributed by atoms with Crippen molar-refractivity contribution in [3.63, 3.8) is 0 Å². The van der Waals surface area contributed by atoms with E-state index in [4.69, 9.17) is 14.2 Å². The molecule has 1 heterocycles. The van der Waals surface area contributed by atoms with Gasteiger partial charge >= 0.3 is 11.9 Å². The van der Waals surface area contributed by atoms with E-state index in [1.54, 1.807) is 13.8 Å². The predicted molar refractivity (Wildman–Crippen MR) is 69.6 cm³/mol. The number of carbonyl (C=O) groups is 2. The van der Waals surface area contributed by atoms with Gasteiger partial charge in [-0.1, -0.05) is 0 Å². The molecule has 1 saturated heterocycles. The van der Waals surface area contributed by atoms with E-state index in [1.807, 2.05) is 13.8 Å². The van der Waals surface area contributed by atoms with Crippen LogP contribution in [-0.4, -0.2) is 36.9 Å². The van der Waals surface area contributed by atoms with Crippen molar-refractivity contribution in [2.75, 3.05) is 13.2 Å². The van der Waals surface area contributed by atoms with E-state index >= 15 is 0 Å². The van der Waals surface area contributed by atoms with Gasteiger partial charge in [0.25, 0.3) is 0 Å². The minimum absolute atomic E-state index is 0.0891. The summed E-state index contributed by atoms with van der Waals surface area (Å²) < 4.78 is 15.7. The average Bonchev–Trinajstić information content (AvgIpc) is 2.66. The third-order valence-corrected chi connectivity index (χ3v) is 3.19. The van der Waals surface area contributed by atoms with Gasteiger partial charge in [0.15, 0.2) is 5.92 Å². The van der Waals surface area contributed by atoms with Gasteiger partial charge in [0, 0.05) is 0 Å². The molecule has 0 aliphatic carbocycles. The predicted octanol–water partition coefficient (Wildman–Crippen LogP) is 2.08. The van der Waals surface area contributed by atoms with Gasteiger partial charge in [-0.15, -0.1) is 0 Å². The summed E-state index contributed by atoms with van der Waals surface area (Å²) >= 11 is 0. The lowest BCUT2D eigenvalue weighted by molar-refractivity contribution is -0.164. The Morgan fingerprint density at radius 2 is 1.74 bits per heavy atom. The first-order chi connectivity index (χ1) is 8.89. The van der Waals surface area contributed by atoms with Gasteiger partial charge in [0.05, 0.1) is 24.9 Å². The quantitative estimate of drug-likeness (QED) is 0.547. The highest BCUT2D eigenvalue weighted by Crippen LogP contribution is 2.33.